The first-order valence-corrected chi connectivity index (χ1v) is 6.81. The number of thioether (sulfide) groups is 1. The van der Waals surface area contributed by atoms with Crippen LogP contribution >= 0.6 is 11.8 Å². The summed E-state index contributed by atoms with van der Waals surface area (Å²) < 4.78 is 26.2. The van der Waals surface area contributed by atoms with Crippen molar-refractivity contribution in [2.24, 2.45) is 11.3 Å². The Morgan fingerprint density at radius 2 is 1.88 bits per heavy atom. The van der Waals surface area contributed by atoms with E-state index >= 15 is 0 Å². The second kappa shape index (κ2) is 4.17. The van der Waals surface area contributed by atoms with E-state index in [0.29, 0.717) is 0 Å². The quantitative estimate of drug-likeness (QED) is 0.818. The van der Waals surface area contributed by atoms with Crippen molar-refractivity contribution in [3.63, 3.8) is 0 Å². The largest absolute Gasteiger partial charge is 0.481 e. The minimum Gasteiger partial charge on any atom is -0.481 e. The van der Waals surface area contributed by atoms with E-state index in [1.54, 1.807) is 11.8 Å². The van der Waals surface area contributed by atoms with Crippen molar-refractivity contribution in [1.29, 1.82) is 0 Å². The van der Waals surface area contributed by atoms with Crippen molar-refractivity contribution < 1.29 is 18.7 Å². The van der Waals surface area contributed by atoms with Crippen LogP contribution in [0.4, 0.5) is 8.78 Å². The van der Waals surface area contributed by atoms with Crippen molar-refractivity contribution in [1.82, 2.24) is 0 Å². The van der Waals surface area contributed by atoms with Crippen LogP contribution in [-0.4, -0.2) is 28.5 Å². The first-order valence-electron chi connectivity index (χ1n) is 5.65. The molecule has 1 aliphatic heterocycles. The number of carboxylic acid groups (broad SMARTS) is 1. The molecule has 1 unspecified atom stereocenters. The molecule has 0 aromatic heterocycles. The summed E-state index contributed by atoms with van der Waals surface area (Å²) in [7, 11) is 0. The molecule has 1 saturated heterocycles. The molecule has 2 nitrogen and oxygen atoms in total. The molecule has 2 aliphatic rings. The predicted octanol–water partition coefficient (Wildman–Crippen LogP) is 3.02. The lowest BCUT2D eigenvalue weighted by molar-refractivity contribution is -0.161. The van der Waals surface area contributed by atoms with Gasteiger partial charge in [-0.05, 0) is 36.7 Å². The van der Waals surface area contributed by atoms with Gasteiger partial charge in [-0.15, -0.1) is 0 Å². The molecular formula is C11H16F2O2S. The average Bonchev–Trinajstić information content (AvgIpc) is 2.71. The zero-order valence-electron chi connectivity index (χ0n) is 9.05. The number of hydrogen-bond donors (Lipinski definition) is 1. The van der Waals surface area contributed by atoms with Crippen molar-refractivity contribution in [2.45, 2.75) is 38.0 Å². The summed E-state index contributed by atoms with van der Waals surface area (Å²) in [6.45, 7) is 0. The van der Waals surface area contributed by atoms with E-state index < -0.39 is 17.3 Å². The van der Waals surface area contributed by atoms with Crippen LogP contribution in [0.1, 0.15) is 32.1 Å². The van der Waals surface area contributed by atoms with E-state index in [0.717, 1.165) is 17.9 Å². The van der Waals surface area contributed by atoms with Crippen LogP contribution in [0.25, 0.3) is 0 Å². The number of hydrogen-bond acceptors (Lipinski definition) is 2. The minimum absolute atomic E-state index is 0.0890. The Bertz CT molecular complexity index is 278. The van der Waals surface area contributed by atoms with E-state index in [2.05, 4.69) is 0 Å². The molecule has 1 heterocycles. The molecule has 2 rings (SSSR count). The summed E-state index contributed by atoms with van der Waals surface area (Å²) in [6.07, 6.45) is 0.616. The molecule has 0 bridgehead atoms. The van der Waals surface area contributed by atoms with E-state index in [1.165, 1.54) is 0 Å². The maximum atomic E-state index is 13.1. The predicted molar refractivity (Wildman–Crippen MR) is 58.9 cm³/mol. The third-order valence-electron chi connectivity index (χ3n) is 4.01. The van der Waals surface area contributed by atoms with E-state index in [4.69, 9.17) is 0 Å². The normalized spacial score (nSPS) is 32.5. The topological polar surface area (TPSA) is 37.3 Å². The lowest BCUT2D eigenvalue weighted by Crippen LogP contribution is -2.44. The van der Waals surface area contributed by atoms with Crippen molar-refractivity contribution >= 4 is 17.7 Å². The summed E-state index contributed by atoms with van der Waals surface area (Å²) in [6, 6.07) is 0. The Hall–Kier alpha value is -0.320. The van der Waals surface area contributed by atoms with E-state index in [1.807, 2.05) is 0 Å². The summed E-state index contributed by atoms with van der Waals surface area (Å²) >= 11 is 1.74. The van der Waals surface area contributed by atoms with Gasteiger partial charge >= 0.3 is 5.97 Å². The summed E-state index contributed by atoms with van der Waals surface area (Å²) in [5.74, 6) is -1.64. The zero-order chi connectivity index (χ0) is 11.8. The van der Waals surface area contributed by atoms with Gasteiger partial charge in [0, 0.05) is 12.8 Å². The molecule has 0 aromatic carbocycles. The van der Waals surface area contributed by atoms with Gasteiger partial charge in [-0.25, -0.2) is 8.78 Å². The summed E-state index contributed by atoms with van der Waals surface area (Å²) in [5, 5.41) is 9.37. The third kappa shape index (κ3) is 2.06. The molecule has 1 aliphatic carbocycles. The van der Waals surface area contributed by atoms with Crippen LogP contribution in [0.2, 0.25) is 0 Å². The first kappa shape index (κ1) is 12.1. The maximum absolute atomic E-state index is 13.1. The van der Waals surface area contributed by atoms with Gasteiger partial charge in [-0.1, -0.05) is 0 Å². The minimum atomic E-state index is -2.65. The molecule has 0 radical (unpaired) electrons. The molecule has 0 spiro atoms. The summed E-state index contributed by atoms with van der Waals surface area (Å²) in [5.41, 5.74) is -0.870. The van der Waals surface area contributed by atoms with Gasteiger partial charge in [0.1, 0.15) is 0 Å². The van der Waals surface area contributed by atoms with Crippen LogP contribution in [0, 0.1) is 11.3 Å². The molecule has 0 aromatic rings. The molecule has 16 heavy (non-hydrogen) atoms. The Morgan fingerprint density at radius 3 is 2.31 bits per heavy atom. The van der Waals surface area contributed by atoms with Gasteiger partial charge < -0.3 is 5.11 Å². The Morgan fingerprint density at radius 1 is 1.25 bits per heavy atom. The summed E-state index contributed by atoms with van der Waals surface area (Å²) in [4.78, 5) is 11.4. The number of rotatable bonds is 2. The lowest BCUT2D eigenvalue weighted by Gasteiger charge is -2.40. The molecular weight excluding hydrogens is 234 g/mol. The zero-order valence-corrected chi connectivity index (χ0v) is 9.86. The average molecular weight is 250 g/mol. The standard InChI is InChI=1S/C11H16F2O2S/c12-11(13)4-2-10(3-5-11,9(14)15)8-1-6-16-7-8/h8H,1-7H2,(H,14,15). The van der Waals surface area contributed by atoms with Crippen LogP contribution in [0.15, 0.2) is 0 Å². The highest BCUT2D eigenvalue weighted by molar-refractivity contribution is 7.99. The maximum Gasteiger partial charge on any atom is 0.309 e. The Kier molecular flexibility index (Phi) is 3.16. The first-order chi connectivity index (χ1) is 7.46. The van der Waals surface area contributed by atoms with Crippen molar-refractivity contribution in [3.8, 4) is 0 Å². The van der Waals surface area contributed by atoms with Crippen molar-refractivity contribution in [2.75, 3.05) is 11.5 Å². The molecule has 5 heteroatoms. The monoisotopic (exact) mass is 250 g/mol. The second-order valence-electron chi connectivity index (χ2n) is 4.88. The SMILES string of the molecule is O=C(O)C1(C2CCSC2)CCC(F)(F)CC1. The van der Waals surface area contributed by atoms with Crippen molar-refractivity contribution in [3.05, 3.63) is 0 Å². The molecule has 92 valence electrons. The number of carbonyl (C=O) groups is 1. The van der Waals surface area contributed by atoms with E-state index in [9.17, 15) is 18.7 Å². The highest BCUT2D eigenvalue weighted by atomic mass is 32.2. The smallest absolute Gasteiger partial charge is 0.309 e. The second-order valence-corrected chi connectivity index (χ2v) is 6.03. The van der Waals surface area contributed by atoms with Gasteiger partial charge in [0.2, 0.25) is 5.92 Å². The molecule has 2 fully saturated rings. The van der Waals surface area contributed by atoms with E-state index in [-0.39, 0.29) is 31.6 Å². The number of aliphatic carboxylic acids is 1. The van der Waals surface area contributed by atoms with Crippen LogP contribution in [0.5, 0.6) is 0 Å². The molecule has 0 amide bonds. The molecule has 1 saturated carbocycles. The number of alkyl halides is 2. The van der Waals surface area contributed by atoms with Gasteiger partial charge in [-0.3, -0.25) is 4.79 Å². The fraction of sp³-hybridized carbons (Fsp3) is 0.909. The number of carboxylic acids is 1. The number of halogens is 2. The van der Waals surface area contributed by atoms with Crippen LogP contribution in [-0.2, 0) is 4.79 Å². The highest BCUT2D eigenvalue weighted by Gasteiger charge is 2.52. The lowest BCUT2D eigenvalue weighted by atomic mass is 9.65. The van der Waals surface area contributed by atoms with Gasteiger partial charge in [-0.2, -0.15) is 11.8 Å². The fourth-order valence-corrected chi connectivity index (χ4v) is 4.22. The fourth-order valence-electron chi connectivity index (χ4n) is 2.83. The van der Waals surface area contributed by atoms with Gasteiger partial charge in [0.15, 0.2) is 0 Å². The van der Waals surface area contributed by atoms with Gasteiger partial charge in [0.05, 0.1) is 5.41 Å². The van der Waals surface area contributed by atoms with Crippen LogP contribution in [0.3, 0.4) is 0 Å². The highest BCUT2D eigenvalue weighted by Crippen LogP contribution is 2.51. The third-order valence-corrected chi connectivity index (χ3v) is 5.17. The van der Waals surface area contributed by atoms with Crippen LogP contribution < -0.4 is 0 Å². The molecule has 1 atom stereocenters. The Labute approximate surface area is 97.8 Å². The Balaban J connectivity index is 2.14. The molecule has 1 N–H and O–H groups in total. The van der Waals surface area contributed by atoms with Gasteiger partial charge in [0.25, 0.3) is 0 Å².